The molecule has 0 aliphatic carbocycles. The zero-order valence-corrected chi connectivity index (χ0v) is 20.1. The maximum absolute atomic E-state index is 13.0. The number of hydrogen-bond donors (Lipinski definition) is 2. The van der Waals surface area contributed by atoms with E-state index in [9.17, 15) is 8.42 Å². The van der Waals surface area contributed by atoms with Gasteiger partial charge in [-0.2, -0.15) is 0 Å². The molecule has 1 saturated heterocycles. The lowest BCUT2D eigenvalue weighted by atomic mass is 10.3. The van der Waals surface area contributed by atoms with Gasteiger partial charge in [-0.05, 0) is 43.3 Å². The molecule has 11 heteroatoms. The van der Waals surface area contributed by atoms with Crippen LogP contribution in [0.25, 0.3) is 0 Å². The van der Waals surface area contributed by atoms with Gasteiger partial charge in [0.25, 0.3) is 10.0 Å². The van der Waals surface area contributed by atoms with Gasteiger partial charge < -0.3 is 24.4 Å². The summed E-state index contributed by atoms with van der Waals surface area (Å²) in [6.07, 6.45) is 0. The van der Waals surface area contributed by atoms with Gasteiger partial charge in [-0.15, -0.1) is 0 Å². The van der Waals surface area contributed by atoms with Crippen molar-refractivity contribution in [2.75, 3.05) is 55.5 Å². The minimum Gasteiger partial charge on any atom is -0.497 e. The molecule has 180 valence electrons. The number of aromatic nitrogens is 2. The average molecular weight is 486 g/mol. The monoisotopic (exact) mass is 485 g/mol. The van der Waals surface area contributed by atoms with Crippen LogP contribution in [0.15, 0.2) is 53.4 Å². The predicted octanol–water partition coefficient (Wildman–Crippen LogP) is 3.18. The Morgan fingerprint density at radius 2 is 1.65 bits per heavy atom. The Bertz CT molecular complexity index is 1250. The molecule has 1 fully saturated rings. The smallest absolute Gasteiger partial charge is 0.265 e. The van der Waals surface area contributed by atoms with Gasteiger partial charge in [0.1, 0.15) is 33.9 Å². The molecule has 2 heterocycles. The molecular formula is C23H27N5O5S. The van der Waals surface area contributed by atoms with Crippen LogP contribution in [-0.4, -0.2) is 58.9 Å². The van der Waals surface area contributed by atoms with E-state index in [1.165, 1.54) is 20.3 Å². The number of ether oxygens (including phenoxy) is 3. The molecule has 1 aliphatic rings. The number of nitrogens with one attached hydrogen (secondary N) is 2. The van der Waals surface area contributed by atoms with Crippen LogP contribution >= 0.6 is 0 Å². The second kappa shape index (κ2) is 10.1. The zero-order chi connectivity index (χ0) is 24.1. The molecule has 3 aromatic rings. The fraction of sp³-hybridized carbons (Fsp3) is 0.304. The van der Waals surface area contributed by atoms with E-state index >= 15 is 0 Å². The van der Waals surface area contributed by atoms with E-state index in [0.717, 1.165) is 24.6 Å². The van der Waals surface area contributed by atoms with Crippen LogP contribution in [0.3, 0.4) is 0 Å². The third-order valence-electron chi connectivity index (χ3n) is 5.23. The first-order valence-electron chi connectivity index (χ1n) is 10.7. The molecule has 1 aromatic heterocycles. The van der Waals surface area contributed by atoms with Crippen LogP contribution in [0, 0.1) is 6.92 Å². The fourth-order valence-electron chi connectivity index (χ4n) is 3.54. The van der Waals surface area contributed by atoms with Crippen LogP contribution in [0.5, 0.6) is 11.5 Å². The lowest BCUT2D eigenvalue weighted by Gasteiger charge is -2.28. The molecular weight excluding hydrogens is 458 g/mol. The summed E-state index contributed by atoms with van der Waals surface area (Å²) in [7, 11) is -1.01. The predicted molar refractivity (Wildman–Crippen MR) is 130 cm³/mol. The largest absolute Gasteiger partial charge is 0.497 e. The highest BCUT2D eigenvalue weighted by Crippen LogP contribution is 2.30. The summed E-state index contributed by atoms with van der Waals surface area (Å²) in [5.41, 5.74) is 1.16. The van der Waals surface area contributed by atoms with E-state index in [2.05, 4.69) is 24.9 Å². The van der Waals surface area contributed by atoms with Gasteiger partial charge in [-0.25, -0.2) is 18.4 Å². The molecule has 10 nitrogen and oxygen atoms in total. The maximum Gasteiger partial charge on any atom is 0.265 e. The summed E-state index contributed by atoms with van der Waals surface area (Å²) in [6.45, 7) is 4.75. The molecule has 0 unspecified atom stereocenters. The lowest BCUT2D eigenvalue weighted by molar-refractivity contribution is 0.122. The minimum absolute atomic E-state index is 0.0105. The van der Waals surface area contributed by atoms with E-state index in [4.69, 9.17) is 14.2 Å². The van der Waals surface area contributed by atoms with Gasteiger partial charge in [-0.1, -0.05) is 0 Å². The van der Waals surface area contributed by atoms with Gasteiger partial charge in [-0.3, -0.25) is 4.72 Å². The van der Waals surface area contributed by atoms with Crippen molar-refractivity contribution in [3.05, 3.63) is 54.4 Å². The van der Waals surface area contributed by atoms with Crippen LogP contribution in [0.1, 0.15) is 5.82 Å². The number of morpholine rings is 1. The van der Waals surface area contributed by atoms with Crippen molar-refractivity contribution in [1.29, 1.82) is 0 Å². The third kappa shape index (κ3) is 5.49. The number of sulfonamides is 1. The number of benzene rings is 2. The number of nitrogens with zero attached hydrogens (tertiary/aromatic N) is 3. The van der Waals surface area contributed by atoms with E-state index in [1.54, 1.807) is 36.4 Å². The molecule has 34 heavy (non-hydrogen) atoms. The van der Waals surface area contributed by atoms with E-state index in [-0.39, 0.29) is 10.6 Å². The van der Waals surface area contributed by atoms with Crippen molar-refractivity contribution >= 4 is 33.0 Å². The van der Waals surface area contributed by atoms with Crippen molar-refractivity contribution in [3.63, 3.8) is 0 Å². The number of methoxy groups -OCH3 is 2. The average Bonchev–Trinajstić information content (AvgIpc) is 2.85. The Labute approximate surface area is 198 Å². The summed E-state index contributed by atoms with van der Waals surface area (Å²) < 4.78 is 44.3. The third-order valence-corrected chi connectivity index (χ3v) is 6.63. The van der Waals surface area contributed by atoms with E-state index in [0.29, 0.717) is 36.3 Å². The normalized spacial score (nSPS) is 13.9. The molecule has 0 saturated carbocycles. The molecule has 0 radical (unpaired) electrons. The van der Waals surface area contributed by atoms with Crippen molar-refractivity contribution in [3.8, 4) is 11.5 Å². The molecule has 1 aliphatic heterocycles. The Morgan fingerprint density at radius 3 is 2.32 bits per heavy atom. The SMILES string of the molecule is COc1ccc(OC)c(S(=O)(=O)Nc2ccc(Nc3cc(N4CCOCC4)nc(C)n3)cc2)c1. The highest BCUT2D eigenvalue weighted by Gasteiger charge is 2.21. The van der Waals surface area contributed by atoms with Gasteiger partial charge >= 0.3 is 0 Å². The molecule has 0 atom stereocenters. The topological polar surface area (TPSA) is 115 Å². The Morgan fingerprint density at radius 1 is 0.941 bits per heavy atom. The fourth-order valence-corrected chi connectivity index (χ4v) is 4.79. The first kappa shape index (κ1) is 23.6. The lowest BCUT2D eigenvalue weighted by Crippen LogP contribution is -2.36. The van der Waals surface area contributed by atoms with Crippen molar-refractivity contribution in [1.82, 2.24) is 9.97 Å². The number of anilines is 4. The van der Waals surface area contributed by atoms with Gasteiger partial charge in [0, 0.05) is 36.6 Å². The first-order chi connectivity index (χ1) is 16.4. The van der Waals surface area contributed by atoms with E-state index in [1.807, 2.05) is 13.0 Å². The summed E-state index contributed by atoms with van der Waals surface area (Å²) in [6, 6.07) is 13.4. The highest BCUT2D eigenvalue weighted by atomic mass is 32.2. The first-order valence-corrected chi connectivity index (χ1v) is 12.2. The van der Waals surface area contributed by atoms with Crippen LogP contribution in [-0.2, 0) is 14.8 Å². The summed E-state index contributed by atoms with van der Waals surface area (Å²) in [4.78, 5) is 11.1. The molecule has 4 rings (SSSR count). The van der Waals surface area contributed by atoms with Crippen molar-refractivity contribution < 1.29 is 22.6 Å². The Kier molecular flexibility index (Phi) is 7.03. The van der Waals surface area contributed by atoms with E-state index < -0.39 is 10.0 Å². The van der Waals surface area contributed by atoms with Gasteiger partial charge in [0.2, 0.25) is 0 Å². The van der Waals surface area contributed by atoms with Crippen LogP contribution < -0.4 is 24.4 Å². The Hall–Kier alpha value is -3.57. The molecule has 0 amide bonds. The zero-order valence-electron chi connectivity index (χ0n) is 19.2. The number of aryl methyl sites for hydroxylation is 1. The summed E-state index contributed by atoms with van der Waals surface area (Å²) >= 11 is 0. The second-order valence-electron chi connectivity index (χ2n) is 7.58. The Balaban J connectivity index is 1.49. The number of hydrogen-bond acceptors (Lipinski definition) is 9. The quantitative estimate of drug-likeness (QED) is 0.496. The summed E-state index contributed by atoms with van der Waals surface area (Å²) in [5, 5.41) is 3.26. The standard InChI is InChI=1S/C23H27N5O5S/c1-16-24-22(15-23(25-16)28-10-12-33-13-11-28)26-17-4-6-18(7-5-17)27-34(29,30)21-14-19(31-2)8-9-20(21)32-3/h4-9,14-15,27H,10-13H2,1-3H3,(H,24,25,26). The van der Waals surface area contributed by atoms with Crippen molar-refractivity contribution in [2.45, 2.75) is 11.8 Å². The summed E-state index contributed by atoms with van der Waals surface area (Å²) in [5.74, 6) is 2.79. The number of rotatable bonds is 8. The molecule has 0 bridgehead atoms. The highest BCUT2D eigenvalue weighted by molar-refractivity contribution is 7.92. The molecule has 0 spiro atoms. The second-order valence-corrected chi connectivity index (χ2v) is 9.23. The molecule has 2 aromatic carbocycles. The molecule has 2 N–H and O–H groups in total. The minimum atomic E-state index is -3.90. The van der Waals surface area contributed by atoms with Crippen LogP contribution in [0.4, 0.5) is 23.0 Å². The van der Waals surface area contributed by atoms with Gasteiger partial charge in [0.05, 0.1) is 27.4 Å². The van der Waals surface area contributed by atoms with Gasteiger partial charge in [0.15, 0.2) is 0 Å². The maximum atomic E-state index is 13.0. The van der Waals surface area contributed by atoms with Crippen LogP contribution in [0.2, 0.25) is 0 Å². The van der Waals surface area contributed by atoms with Crippen molar-refractivity contribution in [2.24, 2.45) is 0 Å².